The molecular formula is C41H83NO6S. The molecule has 1 amide bonds. The molecule has 0 aromatic rings. The van der Waals surface area contributed by atoms with E-state index in [4.69, 9.17) is 0 Å². The first kappa shape index (κ1) is 48.3. The van der Waals surface area contributed by atoms with Gasteiger partial charge in [0, 0.05) is 0 Å². The zero-order chi connectivity index (χ0) is 36.3. The molecule has 8 heteroatoms. The van der Waals surface area contributed by atoms with Crippen LogP contribution in [0.15, 0.2) is 0 Å². The van der Waals surface area contributed by atoms with E-state index in [9.17, 15) is 28.0 Å². The highest BCUT2D eigenvalue weighted by Crippen LogP contribution is 2.17. The average molecular weight is 718 g/mol. The average Bonchev–Trinajstić information content (AvgIpc) is 3.06. The zero-order valence-electron chi connectivity index (χ0n) is 32.5. The number of hydrogen-bond donors (Lipinski definition) is 4. The molecule has 3 unspecified atom stereocenters. The van der Waals surface area contributed by atoms with Crippen molar-refractivity contribution in [1.82, 2.24) is 5.32 Å². The standard InChI is InChI=1S/C41H83NO6S/c1-3-5-7-9-11-13-15-17-18-19-20-21-22-24-26-28-30-32-34-36-40(44)41(45)42-38(37-49(46,47)48)39(43)35-33-31-29-27-25-23-16-14-12-10-8-6-4-2/h38-40,43-44H,3-37H2,1-2H3,(H,42,45)(H,46,47,48). The summed E-state index contributed by atoms with van der Waals surface area (Å²) in [7, 11) is -4.40. The maximum absolute atomic E-state index is 12.6. The topological polar surface area (TPSA) is 124 Å². The number of rotatable bonds is 39. The van der Waals surface area contributed by atoms with Crippen molar-refractivity contribution in [3.05, 3.63) is 0 Å². The van der Waals surface area contributed by atoms with E-state index in [-0.39, 0.29) is 0 Å². The highest BCUT2D eigenvalue weighted by Gasteiger charge is 2.28. The summed E-state index contributed by atoms with van der Waals surface area (Å²) in [5, 5.41) is 23.5. The van der Waals surface area contributed by atoms with Crippen molar-refractivity contribution in [3.63, 3.8) is 0 Å². The van der Waals surface area contributed by atoms with Crippen molar-refractivity contribution in [2.45, 2.75) is 250 Å². The number of amides is 1. The molecule has 0 aromatic heterocycles. The molecule has 0 bridgehead atoms. The van der Waals surface area contributed by atoms with Crippen molar-refractivity contribution in [1.29, 1.82) is 0 Å². The number of aliphatic hydroxyl groups excluding tert-OH is 2. The molecule has 0 rings (SSSR count). The Balaban J connectivity index is 3.89. The van der Waals surface area contributed by atoms with Crippen LogP contribution in [0.2, 0.25) is 0 Å². The molecule has 0 saturated heterocycles. The van der Waals surface area contributed by atoms with Gasteiger partial charge in [-0.3, -0.25) is 9.35 Å². The van der Waals surface area contributed by atoms with Gasteiger partial charge in [-0.05, 0) is 12.8 Å². The van der Waals surface area contributed by atoms with Gasteiger partial charge in [0.25, 0.3) is 10.1 Å². The van der Waals surface area contributed by atoms with Crippen LogP contribution in [0.3, 0.4) is 0 Å². The van der Waals surface area contributed by atoms with E-state index in [1.165, 1.54) is 161 Å². The van der Waals surface area contributed by atoms with Crippen molar-refractivity contribution < 1.29 is 28.0 Å². The fourth-order valence-electron chi connectivity index (χ4n) is 6.87. The van der Waals surface area contributed by atoms with Crippen molar-refractivity contribution in [3.8, 4) is 0 Å². The lowest BCUT2D eigenvalue weighted by molar-refractivity contribution is -0.131. The van der Waals surface area contributed by atoms with Crippen molar-refractivity contribution in [2.75, 3.05) is 5.75 Å². The summed E-state index contributed by atoms with van der Waals surface area (Å²) in [4.78, 5) is 12.6. The number of carbonyl (C=O) groups excluding carboxylic acids is 1. The Morgan fingerprint density at radius 3 is 1.02 bits per heavy atom. The monoisotopic (exact) mass is 718 g/mol. The maximum Gasteiger partial charge on any atom is 0.266 e. The van der Waals surface area contributed by atoms with Crippen LogP contribution < -0.4 is 5.32 Å². The highest BCUT2D eigenvalue weighted by atomic mass is 32.2. The molecule has 0 aromatic carbocycles. The van der Waals surface area contributed by atoms with Crippen LogP contribution in [0, 0.1) is 0 Å². The van der Waals surface area contributed by atoms with Gasteiger partial charge in [0.2, 0.25) is 5.91 Å². The van der Waals surface area contributed by atoms with E-state index in [0.29, 0.717) is 12.8 Å². The predicted octanol–water partition coefficient (Wildman–Crippen LogP) is 11.4. The molecule has 0 spiro atoms. The lowest BCUT2D eigenvalue weighted by Gasteiger charge is -2.24. The normalized spacial score (nSPS) is 13.8. The van der Waals surface area contributed by atoms with E-state index in [1.807, 2.05) is 0 Å². The SMILES string of the molecule is CCCCCCCCCCCCCCCCCCCCCC(O)C(=O)NC(CS(=O)(=O)O)C(O)CCCCCCCCCCCCCCC. The fraction of sp³-hybridized carbons (Fsp3) is 0.976. The molecule has 0 radical (unpaired) electrons. The third-order valence-corrected chi connectivity index (χ3v) is 10.9. The summed E-state index contributed by atoms with van der Waals surface area (Å²) in [5.41, 5.74) is 0. The highest BCUT2D eigenvalue weighted by molar-refractivity contribution is 7.85. The maximum atomic E-state index is 12.6. The molecule has 0 saturated carbocycles. The van der Waals surface area contributed by atoms with Crippen LogP contribution in [-0.4, -0.2) is 53.1 Å². The lowest BCUT2D eigenvalue weighted by atomic mass is 10.0. The Bertz CT molecular complexity index is 808. The first-order chi connectivity index (χ1) is 23.7. The largest absolute Gasteiger partial charge is 0.391 e. The molecule has 3 atom stereocenters. The van der Waals surface area contributed by atoms with E-state index < -0.39 is 40.0 Å². The van der Waals surface area contributed by atoms with Crippen LogP contribution >= 0.6 is 0 Å². The van der Waals surface area contributed by atoms with Crippen LogP contribution in [0.5, 0.6) is 0 Å². The van der Waals surface area contributed by atoms with Gasteiger partial charge in [0.1, 0.15) is 6.10 Å². The summed E-state index contributed by atoms with van der Waals surface area (Å²) in [6.07, 6.45) is 38.3. The number of carbonyl (C=O) groups is 1. The molecule has 0 aliphatic rings. The van der Waals surface area contributed by atoms with Crippen LogP contribution in [0.1, 0.15) is 232 Å². The van der Waals surface area contributed by atoms with Crippen LogP contribution in [0.25, 0.3) is 0 Å². The molecule has 0 aliphatic carbocycles. The van der Waals surface area contributed by atoms with Gasteiger partial charge in [-0.2, -0.15) is 8.42 Å². The third kappa shape index (κ3) is 35.5. The second kappa shape index (κ2) is 35.7. The van der Waals surface area contributed by atoms with E-state index in [1.54, 1.807) is 0 Å². The Kier molecular flexibility index (Phi) is 35.2. The fourth-order valence-corrected chi connectivity index (χ4v) is 7.63. The quantitative estimate of drug-likeness (QED) is 0.0371. The Labute approximate surface area is 304 Å². The number of hydrogen-bond acceptors (Lipinski definition) is 5. The minimum absolute atomic E-state index is 0.304. The molecule has 7 nitrogen and oxygen atoms in total. The third-order valence-electron chi connectivity index (χ3n) is 10.2. The summed E-state index contributed by atoms with van der Waals surface area (Å²) in [6, 6.07) is -1.14. The number of unbranched alkanes of at least 4 members (excludes halogenated alkanes) is 30. The Hall–Kier alpha value is -0.700. The minimum atomic E-state index is -4.40. The summed E-state index contributed by atoms with van der Waals surface area (Å²) in [5.74, 6) is -1.44. The Morgan fingerprint density at radius 1 is 0.469 bits per heavy atom. The van der Waals surface area contributed by atoms with Gasteiger partial charge in [-0.25, -0.2) is 0 Å². The molecule has 0 fully saturated rings. The van der Waals surface area contributed by atoms with E-state index in [0.717, 1.165) is 44.9 Å². The van der Waals surface area contributed by atoms with Gasteiger partial charge in [-0.15, -0.1) is 0 Å². The summed E-state index contributed by atoms with van der Waals surface area (Å²) in [6.45, 7) is 4.51. The van der Waals surface area contributed by atoms with E-state index >= 15 is 0 Å². The van der Waals surface area contributed by atoms with Gasteiger partial charge >= 0.3 is 0 Å². The number of nitrogens with one attached hydrogen (secondary N) is 1. The molecule has 294 valence electrons. The van der Waals surface area contributed by atoms with Crippen molar-refractivity contribution >= 4 is 16.0 Å². The smallest absolute Gasteiger partial charge is 0.266 e. The van der Waals surface area contributed by atoms with Crippen LogP contribution in [-0.2, 0) is 14.9 Å². The first-order valence-electron chi connectivity index (χ1n) is 21.3. The van der Waals surface area contributed by atoms with Gasteiger partial charge in [0.15, 0.2) is 0 Å². The van der Waals surface area contributed by atoms with E-state index in [2.05, 4.69) is 19.2 Å². The van der Waals surface area contributed by atoms with Crippen LogP contribution in [0.4, 0.5) is 0 Å². The molecule has 0 heterocycles. The van der Waals surface area contributed by atoms with Crippen molar-refractivity contribution in [2.24, 2.45) is 0 Å². The predicted molar refractivity (Wildman–Crippen MR) is 209 cm³/mol. The second-order valence-electron chi connectivity index (χ2n) is 15.1. The zero-order valence-corrected chi connectivity index (χ0v) is 33.3. The van der Waals surface area contributed by atoms with Gasteiger partial charge < -0.3 is 15.5 Å². The lowest BCUT2D eigenvalue weighted by Crippen LogP contribution is -2.50. The van der Waals surface area contributed by atoms with Gasteiger partial charge in [0.05, 0.1) is 17.9 Å². The van der Waals surface area contributed by atoms with Gasteiger partial charge in [-0.1, -0.05) is 219 Å². The first-order valence-corrected chi connectivity index (χ1v) is 22.9. The second-order valence-corrected chi connectivity index (χ2v) is 16.6. The summed E-state index contributed by atoms with van der Waals surface area (Å²) < 4.78 is 32.6. The minimum Gasteiger partial charge on any atom is -0.391 e. The Morgan fingerprint density at radius 2 is 0.735 bits per heavy atom. The molecule has 49 heavy (non-hydrogen) atoms. The molecular weight excluding hydrogens is 635 g/mol. The number of aliphatic hydroxyl groups is 2. The molecule has 0 aliphatic heterocycles. The molecule has 4 N–H and O–H groups in total. The summed E-state index contributed by atoms with van der Waals surface area (Å²) >= 11 is 0.